The first-order valence-electron chi connectivity index (χ1n) is 13.5. The molecule has 0 bridgehead atoms. The number of para-hydroxylation sites is 1. The van der Waals surface area contributed by atoms with Crippen molar-refractivity contribution < 1.29 is 19.1 Å². The van der Waals surface area contributed by atoms with E-state index in [0.717, 1.165) is 47.0 Å². The van der Waals surface area contributed by atoms with E-state index in [1.54, 1.807) is 36.1 Å². The van der Waals surface area contributed by atoms with Crippen LogP contribution in [0.15, 0.2) is 72.2 Å². The quantitative estimate of drug-likeness (QED) is 0.247. The van der Waals surface area contributed by atoms with E-state index in [1.807, 2.05) is 48.0 Å². The molecule has 1 aliphatic carbocycles. The molecular formula is C31H33N3O4S. The molecule has 1 saturated carbocycles. The molecule has 1 fully saturated rings. The summed E-state index contributed by atoms with van der Waals surface area (Å²) >= 11 is 1.45. The molecular weight excluding hydrogens is 510 g/mol. The Hall–Kier alpha value is -3.91. The number of nitrogens with one attached hydrogen (secondary N) is 2. The highest BCUT2D eigenvalue weighted by atomic mass is 32.1. The third-order valence-electron chi connectivity index (χ3n) is 7.21. The maximum absolute atomic E-state index is 14.2. The van der Waals surface area contributed by atoms with Crippen LogP contribution in [0.2, 0.25) is 0 Å². The highest BCUT2D eigenvalue weighted by Gasteiger charge is 2.35. The summed E-state index contributed by atoms with van der Waals surface area (Å²) < 4.78 is 5.13. The van der Waals surface area contributed by atoms with Gasteiger partial charge in [-0.05, 0) is 67.1 Å². The SMILES string of the molecule is CCOC(=O)c1ccc(N(C(=O)Cc2c[nH]c3ccccc23)C(C(=O)NC2CCCCC2)c2cccs2)cc1. The molecule has 5 rings (SSSR count). The van der Waals surface area contributed by atoms with Gasteiger partial charge in [-0.15, -0.1) is 11.3 Å². The lowest BCUT2D eigenvalue weighted by Crippen LogP contribution is -2.47. The molecule has 0 saturated heterocycles. The van der Waals surface area contributed by atoms with Crippen molar-refractivity contribution in [3.63, 3.8) is 0 Å². The Morgan fingerprint density at radius 2 is 1.79 bits per heavy atom. The van der Waals surface area contributed by atoms with Crippen LogP contribution in [0.4, 0.5) is 5.69 Å². The number of aromatic nitrogens is 1. The number of H-pyrrole nitrogens is 1. The van der Waals surface area contributed by atoms with Gasteiger partial charge in [-0.25, -0.2) is 4.79 Å². The largest absolute Gasteiger partial charge is 0.462 e. The number of aromatic amines is 1. The Kier molecular flexibility index (Phi) is 8.42. The maximum Gasteiger partial charge on any atom is 0.338 e. The summed E-state index contributed by atoms with van der Waals surface area (Å²) in [5.41, 5.74) is 2.76. The van der Waals surface area contributed by atoms with E-state index in [9.17, 15) is 14.4 Å². The number of amides is 2. The van der Waals surface area contributed by atoms with Crippen molar-refractivity contribution in [2.24, 2.45) is 0 Å². The number of hydrogen-bond acceptors (Lipinski definition) is 5. The molecule has 0 spiro atoms. The molecule has 202 valence electrons. The van der Waals surface area contributed by atoms with Crippen molar-refractivity contribution in [3.05, 3.63) is 88.2 Å². The van der Waals surface area contributed by atoms with Gasteiger partial charge in [0.2, 0.25) is 11.8 Å². The lowest BCUT2D eigenvalue weighted by molar-refractivity contribution is -0.127. The van der Waals surface area contributed by atoms with Crippen LogP contribution < -0.4 is 10.2 Å². The number of fused-ring (bicyclic) bond motifs is 1. The van der Waals surface area contributed by atoms with Crippen LogP contribution in [0.3, 0.4) is 0 Å². The lowest BCUT2D eigenvalue weighted by atomic mass is 9.95. The highest BCUT2D eigenvalue weighted by Crippen LogP contribution is 2.33. The van der Waals surface area contributed by atoms with Gasteiger partial charge in [0.1, 0.15) is 6.04 Å². The molecule has 2 amide bonds. The number of hydrogen-bond donors (Lipinski definition) is 2. The van der Waals surface area contributed by atoms with Crippen molar-refractivity contribution in [2.45, 2.75) is 57.5 Å². The third kappa shape index (κ3) is 6.06. The van der Waals surface area contributed by atoms with Gasteiger partial charge in [-0.2, -0.15) is 0 Å². The van der Waals surface area contributed by atoms with Gasteiger partial charge < -0.3 is 15.0 Å². The van der Waals surface area contributed by atoms with Gasteiger partial charge in [0.25, 0.3) is 0 Å². The minimum absolute atomic E-state index is 0.102. The summed E-state index contributed by atoms with van der Waals surface area (Å²) in [6, 6.07) is 17.6. The molecule has 2 N–H and O–H groups in total. The van der Waals surface area contributed by atoms with E-state index >= 15 is 0 Å². The Morgan fingerprint density at radius 3 is 2.51 bits per heavy atom. The molecule has 1 atom stereocenters. The van der Waals surface area contributed by atoms with Crippen LogP contribution in [-0.2, 0) is 20.7 Å². The zero-order chi connectivity index (χ0) is 27.2. The second-order valence-corrected chi connectivity index (χ2v) is 10.8. The van der Waals surface area contributed by atoms with Crippen molar-refractivity contribution in [1.82, 2.24) is 10.3 Å². The zero-order valence-corrected chi connectivity index (χ0v) is 22.8. The number of carbonyl (C=O) groups excluding carboxylic acids is 3. The van der Waals surface area contributed by atoms with Gasteiger partial charge in [0, 0.05) is 33.7 Å². The third-order valence-corrected chi connectivity index (χ3v) is 8.14. The van der Waals surface area contributed by atoms with Crippen molar-refractivity contribution >= 4 is 45.7 Å². The summed E-state index contributed by atoms with van der Waals surface area (Å²) in [5.74, 6) is -0.822. The first kappa shape index (κ1) is 26.7. The number of benzene rings is 2. The molecule has 1 aliphatic rings. The second kappa shape index (κ2) is 12.3. The predicted octanol–water partition coefficient (Wildman–Crippen LogP) is 6.17. The van der Waals surface area contributed by atoms with E-state index in [1.165, 1.54) is 17.8 Å². The highest BCUT2D eigenvalue weighted by molar-refractivity contribution is 7.10. The number of esters is 1. The van der Waals surface area contributed by atoms with Gasteiger partial charge in [-0.1, -0.05) is 43.5 Å². The van der Waals surface area contributed by atoms with Crippen LogP contribution in [0.25, 0.3) is 10.9 Å². The Labute approximate surface area is 232 Å². The molecule has 7 nitrogen and oxygen atoms in total. The number of nitrogens with zero attached hydrogens (tertiary/aromatic N) is 1. The Bertz CT molecular complexity index is 1420. The van der Waals surface area contributed by atoms with E-state index < -0.39 is 12.0 Å². The fraction of sp³-hybridized carbons (Fsp3) is 0.323. The topological polar surface area (TPSA) is 91.5 Å². The van der Waals surface area contributed by atoms with Crippen molar-refractivity contribution in [3.8, 4) is 0 Å². The molecule has 39 heavy (non-hydrogen) atoms. The lowest BCUT2D eigenvalue weighted by Gasteiger charge is -2.33. The van der Waals surface area contributed by atoms with Crippen molar-refractivity contribution in [2.75, 3.05) is 11.5 Å². The summed E-state index contributed by atoms with van der Waals surface area (Å²) in [6.07, 6.45) is 7.22. The normalized spacial score (nSPS) is 14.6. The molecule has 4 aromatic rings. The van der Waals surface area contributed by atoms with Gasteiger partial charge in [-0.3, -0.25) is 14.5 Å². The first-order chi connectivity index (χ1) is 19.0. The summed E-state index contributed by atoms with van der Waals surface area (Å²) in [6.45, 7) is 2.03. The minimum atomic E-state index is -0.835. The molecule has 0 radical (unpaired) electrons. The molecule has 0 aliphatic heterocycles. The smallest absolute Gasteiger partial charge is 0.338 e. The molecule has 2 aromatic carbocycles. The summed E-state index contributed by atoms with van der Waals surface area (Å²) in [5, 5.41) is 6.13. The fourth-order valence-electron chi connectivity index (χ4n) is 5.28. The zero-order valence-electron chi connectivity index (χ0n) is 22.0. The first-order valence-corrected chi connectivity index (χ1v) is 14.4. The second-order valence-electron chi connectivity index (χ2n) is 9.83. The average Bonchev–Trinajstić information content (AvgIpc) is 3.63. The van der Waals surface area contributed by atoms with E-state index in [4.69, 9.17) is 4.74 Å². The van der Waals surface area contributed by atoms with Gasteiger partial charge >= 0.3 is 5.97 Å². The predicted molar refractivity (Wildman–Crippen MR) is 154 cm³/mol. The number of anilines is 1. The van der Waals surface area contributed by atoms with Crippen LogP contribution in [-0.4, -0.2) is 35.4 Å². The fourth-order valence-corrected chi connectivity index (χ4v) is 6.10. The van der Waals surface area contributed by atoms with Crippen molar-refractivity contribution in [1.29, 1.82) is 0 Å². The molecule has 1 unspecified atom stereocenters. The standard InChI is InChI=1S/C31H33N3O4S/c1-2-38-31(37)21-14-16-24(17-15-21)34(28(35)19-22-20-32-26-12-7-6-11-25(22)26)29(27-13-8-18-39-27)30(36)33-23-9-4-3-5-10-23/h6-8,11-18,20,23,29,32H,2-5,9-10,19H2,1H3,(H,33,36). The number of rotatable bonds is 9. The number of carbonyl (C=O) groups is 3. The minimum Gasteiger partial charge on any atom is -0.462 e. The Balaban J connectivity index is 1.52. The van der Waals surface area contributed by atoms with E-state index in [-0.39, 0.29) is 30.9 Å². The molecule has 8 heteroatoms. The number of ether oxygens (including phenoxy) is 1. The van der Waals surface area contributed by atoms with Gasteiger partial charge in [0.15, 0.2) is 0 Å². The maximum atomic E-state index is 14.2. The average molecular weight is 544 g/mol. The monoisotopic (exact) mass is 543 g/mol. The Morgan fingerprint density at radius 1 is 1.03 bits per heavy atom. The summed E-state index contributed by atoms with van der Waals surface area (Å²) in [4.78, 5) is 46.0. The molecule has 2 aromatic heterocycles. The van der Waals surface area contributed by atoms with Crippen LogP contribution in [0.1, 0.15) is 65.9 Å². The van der Waals surface area contributed by atoms with Crippen LogP contribution >= 0.6 is 11.3 Å². The van der Waals surface area contributed by atoms with E-state index in [0.29, 0.717) is 11.3 Å². The van der Waals surface area contributed by atoms with Gasteiger partial charge in [0.05, 0.1) is 18.6 Å². The molecule has 2 heterocycles. The van der Waals surface area contributed by atoms with Crippen LogP contribution in [0, 0.1) is 0 Å². The number of thiophene rings is 1. The van der Waals surface area contributed by atoms with E-state index in [2.05, 4.69) is 10.3 Å². The summed E-state index contributed by atoms with van der Waals surface area (Å²) in [7, 11) is 0. The van der Waals surface area contributed by atoms with Crippen LogP contribution in [0.5, 0.6) is 0 Å².